The minimum Gasteiger partial charge on any atom is -0.491 e. The Morgan fingerprint density at radius 1 is 1.24 bits per heavy atom. The Morgan fingerprint density at radius 3 is 2.72 bits per heavy atom. The second-order valence-corrected chi connectivity index (χ2v) is 7.20. The number of aromatic nitrogens is 3. The predicted molar refractivity (Wildman–Crippen MR) is 96.6 cm³/mol. The molecule has 2 aromatic rings. The van der Waals surface area contributed by atoms with E-state index >= 15 is 0 Å². The van der Waals surface area contributed by atoms with Crippen molar-refractivity contribution >= 4 is 0 Å². The molecule has 0 N–H and O–H groups in total. The summed E-state index contributed by atoms with van der Waals surface area (Å²) in [4.78, 5) is 2.39. The molecule has 1 fully saturated rings. The van der Waals surface area contributed by atoms with Gasteiger partial charge in [0.1, 0.15) is 30.1 Å². The highest BCUT2D eigenvalue weighted by atomic mass is 16.5. The molecular weight excluding hydrogens is 316 g/mol. The van der Waals surface area contributed by atoms with E-state index in [0.717, 1.165) is 43.6 Å². The van der Waals surface area contributed by atoms with Crippen LogP contribution in [0, 0.1) is 6.92 Å². The summed E-state index contributed by atoms with van der Waals surface area (Å²) in [7, 11) is 0. The number of aryl methyl sites for hydroxylation is 1. The van der Waals surface area contributed by atoms with E-state index in [1.165, 1.54) is 0 Å². The Balaban J connectivity index is 1.64. The average Bonchev–Trinajstić information content (AvgIpc) is 2.92. The van der Waals surface area contributed by atoms with E-state index in [-0.39, 0.29) is 11.7 Å². The molecule has 1 atom stereocenters. The minimum absolute atomic E-state index is 0.0306. The normalized spacial score (nSPS) is 20.6. The molecule has 0 bridgehead atoms. The highest BCUT2D eigenvalue weighted by Crippen LogP contribution is 2.23. The molecule has 0 amide bonds. The lowest BCUT2D eigenvalue weighted by molar-refractivity contribution is -0.148. The lowest BCUT2D eigenvalue weighted by atomic mass is 10.1. The summed E-state index contributed by atoms with van der Waals surface area (Å²) >= 11 is 0. The number of nitrogens with zero attached hydrogens (tertiary/aromatic N) is 4. The van der Waals surface area contributed by atoms with Gasteiger partial charge in [-0.25, -0.2) is 0 Å². The van der Waals surface area contributed by atoms with Gasteiger partial charge < -0.3 is 14.0 Å². The SMILES string of the molecule is CCn1c(C)nnc1CN1C[C@H](COc2ccccc2)OC(C)(C)C1. The second kappa shape index (κ2) is 7.54. The van der Waals surface area contributed by atoms with Gasteiger partial charge in [-0.2, -0.15) is 0 Å². The standard InChI is InChI=1S/C19H28N4O2/c1-5-23-15(2)20-21-18(23)12-22-11-17(25-19(3,4)14-22)13-24-16-9-7-6-8-10-16/h6-10,17H,5,11-14H2,1-4H3/t17-/m1/s1. The number of benzene rings is 1. The van der Waals surface area contributed by atoms with Crippen molar-refractivity contribution in [2.75, 3.05) is 19.7 Å². The van der Waals surface area contributed by atoms with Gasteiger partial charge in [0, 0.05) is 19.6 Å². The summed E-state index contributed by atoms with van der Waals surface area (Å²) in [5.74, 6) is 2.86. The molecule has 0 unspecified atom stereocenters. The molecule has 6 nitrogen and oxygen atoms in total. The smallest absolute Gasteiger partial charge is 0.147 e. The van der Waals surface area contributed by atoms with Gasteiger partial charge in [0.2, 0.25) is 0 Å². The van der Waals surface area contributed by atoms with Crippen LogP contribution in [0.25, 0.3) is 0 Å². The van der Waals surface area contributed by atoms with Crippen molar-refractivity contribution in [3.8, 4) is 5.75 Å². The van der Waals surface area contributed by atoms with Crippen molar-refractivity contribution in [2.45, 2.75) is 52.5 Å². The summed E-state index contributed by atoms with van der Waals surface area (Å²) in [6.45, 7) is 12.3. The maximum atomic E-state index is 6.22. The van der Waals surface area contributed by atoms with Crippen LogP contribution in [0.1, 0.15) is 32.4 Å². The molecule has 6 heteroatoms. The van der Waals surface area contributed by atoms with Gasteiger partial charge in [-0.1, -0.05) is 18.2 Å². The van der Waals surface area contributed by atoms with Crippen molar-refractivity contribution in [2.24, 2.45) is 0 Å². The fraction of sp³-hybridized carbons (Fsp3) is 0.579. The molecule has 0 spiro atoms. The number of morpholine rings is 1. The first kappa shape index (κ1) is 17.9. The number of rotatable bonds is 6. The summed E-state index contributed by atoms with van der Waals surface area (Å²) in [5, 5.41) is 8.56. The van der Waals surface area contributed by atoms with Gasteiger partial charge in [-0.05, 0) is 39.8 Å². The van der Waals surface area contributed by atoms with Gasteiger partial charge in [-0.15, -0.1) is 10.2 Å². The second-order valence-electron chi connectivity index (χ2n) is 7.20. The van der Waals surface area contributed by atoms with Crippen LogP contribution in [0.2, 0.25) is 0 Å². The van der Waals surface area contributed by atoms with Gasteiger partial charge in [0.25, 0.3) is 0 Å². The molecular formula is C19H28N4O2. The Hall–Kier alpha value is -1.92. The van der Waals surface area contributed by atoms with Crippen molar-refractivity contribution in [1.29, 1.82) is 0 Å². The summed E-state index contributed by atoms with van der Waals surface area (Å²) in [6.07, 6.45) is 0.0306. The fourth-order valence-electron chi connectivity index (χ4n) is 3.48. The van der Waals surface area contributed by atoms with Crippen LogP contribution < -0.4 is 4.74 Å². The average molecular weight is 344 g/mol. The van der Waals surface area contributed by atoms with Crippen LogP contribution in [0.5, 0.6) is 5.75 Å². The molecule has 3 rings (SSSR count). The first-order valence-electron chi connectivity index (χ1n) is 8.93. The van der Waals surface area contributed by atoms with Crippen LogP contribution in [0.3, 0.4) is 0 Å². The molecule has 1 aliphatic rings. The zero-order valence-corrected chi connectivity index (χ0v) is 15.6. The maximum Gasteiger partial charge on any atom is 0.147 e. The maximum absolute atomic E-state index is 6.22. The van der Waals surface area contributed by atoms with Crippen molar-refractivity contribution < 1.29 is 9.47 Å². The van der Waals surface area contributed by atoms with Crippen LogP contribution in [0.15, 0.2) is 30.3 Å². The molecule has 0 saturated carbocycles. The topological polar surface area (TPSA) is 52.4 Å². The van der Waals surface area contributed by atoms with Gasteiger partial charge >= 0.3 is 0 Å². The van der Waals surface area contributed by atoms with E-state index in [0.29, 0.717) is 6.61 Å². The predicted octanol–water partition coefficient (Wildman–Crippen LogP) is 2.66. The van der Waals surface area contributed by atoms with Gasteiger partial charge in [0.15, 0.2) is 0 Å². The molecule has 25 heavy (non-hydrogen) atoms. The third-order valence-corrected chi connectivity index (χ3v) is 4.42. The van der Waals surface area contributed by atoms with E-state index < -0.39 is 0 Å². The Labute approximate surface area is 149 Å². The van der Waals surface area contributed by atoms with Gasteiger partial charge in [0.05, 0.1) is 12.1 Å². The van der Waals surface area contributed by atoms with E-state index in [2.05, 4.69) is 40.4 Å². The van der Waals surface area contributed by atoms with E-state index in [1.54, 1.807) is 0 Å². The summed E-state index contributed by atoms with van der Waals surface area (Å²) in [6, 6.07) is 9.89. The Bertz CT molecular complexity index is 684. The van der Waals surface area contributed by atoms with Crippen molar-refractivity contribution in [3.05, 3.63) is 42.0 Å². The fourth-order valence-corrected chi connectivity index (χ4v) is 3.48. The molecule has 136 valence electrons. The first-order valence-corrected chi connectivity index (χ1v) is 8.93. The number of hydrogen-bond donors (Lipinski definition) is 0. The van der Waals surface area contributed by atoms with Crippen LogP contribution >= 0.6 is 0 Å². The minimum atomic E-state index is -0.213. The molecule has 1 saturated heterocycles. The van der Waals surface area contributed by atoms with Crippen molar-refractivity contribution in [1.82, 2.24) is 19.7 Å². The molecule has 1 aliphatic heterocycles. The molecule has 0 radical (unpaired) electrons. The number of ether oxygens (including phenoxy) is 2. The lowest BCUT2D eigenvalue weighted by Crippen LogP contribution is -2.54. The number of para-hydroxylation sites is 1. The Kier molecular flexibility index (Phi) is 5.39. The highest BCUT2D eigenvalue weighted by Gasteiger charge is 2.34. The highest BCUT2D eigenvalue weighted by molar-refractivity contribution is 5.20. The molecule has 2 heterocycles. The van der Waals surface area contributed by atoms with E-state index in [1.807, 2.05) is 37.3 Å². The van der Waals surface area contributed by atoms with E-state index in [4.69, 9.17) is 9.47 Å². The van der Waals surface area contributed by atoms with Gasteiger partial charge in [-0.3, -0.25) is 4.90 Å². The summed E-state index contributed by atoms with van der Waals surface area (Å²) in [5.41, 5.74) is -0.213. The third-order valence-electron chi connectivity index (χ3n) is 4.42. The molecule has 1 aromatic carbocycles. The van der Waals surface area contributed by atoms with E-state index in [9.17, 15) is 0 Å². The van der Waals surface area contributed by atoms with Crippen LogP contribution in [-0.4, -0.2) is 51.1 Å². The monoisotopic (exact) mass is 344 g/mol. The zero-order valence-electron chi connectivity index (χ0n) is 15.6. The summed E-state index contributed by atoms with van der Waals surface area (Å²) < 4.78 is 14.3. The largest absolute Gasteiger partial charge is 0.491 e. The zero-order chi connectivity index (χ0) is 17.9. The number of hydrogen-bond acceptors (Lipinski definition) is 5. The lowest BCUT2D eigenvalue weighted by Gasteiger charge is -2.42. The quantitative estimate of drug-likeness (QED) is 0.806. The van der Waals surface area contributed by atoms with Crippen molar-refractivity contribution in [3.63, 3.8) is 0 Å². The first-order chi connectivity index (χ1) is 12.0. The molecule has 1 aromatic heterocycles. The van der Waals surface area contributed by atoms with Crippen LogP contribution in [0.4, 0.5) is 0 Å². The third kappa shape index (κ3) is 4.58. The van der Waals surface area contributed by atoms with Crippen LogP contribution in [-0.2, 0) is 17.8 Å². The Morgan fingerprint density at radius 2 is 2.00 bits per heavy atom. The molecule has 0 aliphatic carbocycles.